The van der Waals surface area contributed by atoms with Gasteiger partial charge in [-0.1, -0.05) is 64.1 Å². The van der Waals surface area contributed by atoms with E-state index in [0.29, 0.717) is 33.0 Å². The Morgan fingerprint density at radius 3 is 2.46 bits per heavy atom. The number of rotatable bonds is 9. The summed E-state index contributed by atoms with van der Waals surface area (Å²) in [5, 5.41) is 0.0689. The number of fused-ring (bicyclic) bond motifs is 1. The predicted molar refractivity (Wildman–Crippen MR) is 154 cm³/mol. The molecule has 1 saturated heterocycles. The van der Waals surface area contributed by atoms with Crippen LogP contribution in [0.1, 0.15) is 65.9 Å². The average molecular weight is 557 g/mol. The van der Waals surface area contributed by atoms with Crippen LogP contribution < -0.4 is 0 Å². The summed E-state index contributed by atoms with van der Waals surface area (Å²) in [6.45, 7) is 18.5. The molecular weight excluding hydrogens is 508 g/mol. The molecule has 7 heteroatoms. The summed E-state index contributed by atoms with van der Waals surface area (Å²) in [7, 11) is -2.14. The van der Waals surface area contributed by atoms with Crippen molar-refractivity contribution >= 4 is 14.3 Å². The summed E-state index contributed by atoms with van der Waals surface area (Å²) in [5.74, 6) is -0.881. The van der Waals surface area contributed by atoms with Crippen LogP contribution in [0.3, 0.4) is 0 Å². The third-order valence-electron chi connectivity index (χ3n) is 11.2. The van der Waals surface area contributed by atoms with Crippen molar-refractivity contribution in [2.45, 2.75) is 96.9 Å². The van der Waals surface area contributed by atoms with Crippen molar-refractivity contribution in [3.8, 4) is 0 Å². The van der Waals surface area contributed by atoms with Crippen molar-refractivity contribution in [1.82, 2.24) is 0 Å². The summed E-state index contributed by atoms with van der Waals surface area (Å²) >= 11 is 0. The van der Waals surface area contributed by atoms with Gasteiger partial charge in [0.1, 0.15) is 0 Å². The van der Waals surface area contributed by atoms with Gasteiger partial charge >= 0.3 is 5.97 Å². The van der Waals surface area contributed by atoms with E-state index >= 15 is 0 Å². The molecule has 1 aromatic carbocycles. The first-order valence-electron chi connectivity index (χ1n) is 14.8. The lowest BCUT2D eigenvalue weighted by Crippen LogP contribution is -2.78. The molecule has 2 spiro atoms. The van der Waals surface area contributed by atoms with E-state index in [4.69, 9.17) is 23.4 Å². The van der Waals surface area contributed by atoms with Crippen molar-refractivity contribution in [3.05, 3.63) is 48.0 Å². The monoisotopic (exact) mass is 556 g/mol. The molecule has 4 saturated carbocycles. The molecule has 5 atom stereocenters. The van der Waals surface area contributed by atoms with Gasteiger partial charge in [0.15, 0.2) is 14.1 Å². The van der Waals surface area contributed by atoms with Crippen LogP contribution in [0.5, 0.6) is 0 Å². The van der Waals surface area contributed by atoms with E-state index < -0.39 is 14.1 Å². The van der Waals surface area contributed by atoms with Gasteiger partial charge in [-0.2, -0.15) is 0 Å². The van der Waals surface area contributed by atoms with Gasteiger partial charge in [0.25, 0.3) is 0 Å². The van der Waals surface area contributed by atoms with Crippen LogP contribution in [0.25, 0.3) is 0 Å². The zero-order valence-corrected chi connectivity index (χ0v) is 26.0. The zero-order chi connectivity index (χ0) is 28.2. The highest BCUT2D eigenvalue weighted by atomic mass is 28.4. The molecule has 2 bridgehead atoms. The molecule has 5 aliphatic rings. The topological polar surface area (TPSA) is 63.2 Å². The molecule has 0 amide bonds. The minimum Gasteiger partial charge on any atom is -0.463 e. The Labute approximate surface area is 235 Å². The van der Waals surface area contributed by atoms with E-state index in [2.05, 4.69) is 59.0 Å². The van der Waals surface area contributed by atoms with E-state index in [1.165, 1.54) is 0 Å². The van der Waals surface area contributed by atoms with Crippen molar-refractivity contribution < 1.29 is 28.2 Å². The lowest BCUT2D eigenvalue weighted by molar-refractivity contribution is -0.387. The highest BCUT2D eigenvalue weighted by Gasteiger charge is 2.91. The van der Waals surface area contributed by atoms with Crippen LogP contribution in [0.2, 0.25) is 18.1 Å². The fraction of sp³-hybridized carbons (Fsp3) is 0.719. The Balaban J connectivity index is 1.58. The molecule has 6 nitrogen and oxygen atoms in total. The molecule has 4 aliphatic carbocycles. The lowest BCUT2D eigenvalue weighted by atomic mass is 9.31. The second-order valence-electron chi connectivity index (χ2n) is 13.8. The van der Waals surface area contributed by atoms with Crippen LogP contribution in [0.15, 0.2) is 42.5 Å². The van der Waals surface area contributed by atoms with Gasteiger partial charge in [-0.15, -0.1) is 0 Å². The van der Waals surface area contributed by atoms with E-state index in [1.54, 1.807) is 6.08 Å². The number of esters is 1. The van der Waals surface area contributed by atoms with Crippen LogP contribution >= 0.6 is 0 Å². The molecule has 5 fully saturated rings. The van der Waals surface area contributed by atoms with Crippen LogP contribution in [0.4, 0.5) is 0 Å². The first-order chi connectivity index (χ1) is 18.4. The number of carbonyl (C=O) groups is 1. The minimum atomic E-state index is -2.14. The van der Waals surface area contributed by atoms with Gasteiger partial charge in [0.05, 0.1) is 44.6 Å². The molecule has 1 aliphatic heterocycles. The second-order valence-corrected chi connectivity index (χ2v) is 18.5. The maximum atomic E-state index is 12.6. The Hall–Kier alpha value is -1.51. The molecule has 6 rings (SSSR count). The standard InChI is InChI=1S/C32H48O6Si/c1-8-35-27(33)15-18-30-21-26(38-39(6,7)28(2,3)4)32(25(30)23-34-22-24-13-10-9-11-14-24)29(30,5)16-12-17-31(32)36-19-20-37-31/h9-11,13-15,18,25-26H,8,12,16-17,19-23H2,1-7H3/b18-15+/t25-,26-,29-,30?,32?/m0/s1. The summed E-state index contributed by atoms with van der Waals surface area (Å²) < 4.78 is 32.6. The van der Waals surface area contributed by atoms with E-state index in [9.17, 15) is 4.79 Å². The maximum Gasteiger partial charge on any atom is 0.330 e. The highest BCUT2D eigenvalue weighted by molar-refractivity contribution is 6.74. The van der Waals surface area contributed by atoms with Crippen molar-refractivity contribution in [1.29, 1.82) is 0 Å². The quantitative estimate of drug-likeness (QED) is 0.193. The largest absolute Gasteiger partial charge is 0.463 e. The van der Waals surface area contributed by atoms with E-state index in [0.717, 1.165) is 31.2 Å². The average Bonchev–Trinajstić information content (AvgIpc) is 3.51. The number of ether oxygens (including phenoxy) is 4. The van der Waals surface area contributed by atoms with Gasteiger partial charge in [0, 0.05) is 23.8 Å². The first-order valence-corrected chi connectivity index (χ1v) is 17.7. The van der Waals surface area contributed by atoms with Gasteiger partial charge in [-0.3, -0.25) is 0 Å². The van der Waals surface area contributed by atoms with Crippen molar-refractivity contribution in [2.24, 2.45) is 22.2 Å². The number of hydrogen-bond donors (Lipinski definition) is 0. The van der Waals surface area contributed by atoms with E-state index in [-0.39, 0.29) is 39.3 Å². The maximum absolute atomic E-state index is 12.6. The zero-order valence-electron chi connectivity index (χ0n) is 25.0. The number of carbonyl (C=O) groups excluding carboxylic acids is 1. The number of allylic oxidation sites excluding steroid dienone is 1. The Bertz CT molecular complexity index is 1070. The minimum absolute atomic E-state index is 0.0426. The van der Waals surface area contributed by atoms with Gasteiger partial charge in [-0.25, -0.2) is 4.79 Å². The fourth-order valence-electron chi connectivity index (χ4n) is 8.58. The summed E-state index contributed by atoms with van der Waals surface area (Å²) in [5.41, 5.74) is 0.368. The van der Waals surface area contributed by atoms with Gasteiger partial charge in [-0.05, 0) is 55.3 Å². The molecule has 216 valence electrons. The van der Waals surface area contributed by atoms with Crippen LogP contribution in [0, 0.1) is 22.2 Å². The normalized spacial score (nSPS) is 35.3. The van der Waals surface area contributed by atoms with Crippen LogP contribution in [-0.2, 0) is 34.8 Å². The van der Waals surface area contributed by atoms with Gasteiger partial charge in [0.2, 0.25) is 0 Å². The third kappa shape index (κ3) is 4.13. The number of benzene rings is 1. The molecule has 1 heterocycles. The molecule has 1 aromatic rings. The van der Waals surface area contributed by atoms with Crippen molar-refractivity contribution in [2.75, 3.05) is 26.4 Å². The Morgan fingerprint density at radius 1 is 1.13 bits per heavy atom. The molecule has 0 radical (unpaired) electrons. The molecule has 0 N–H and O–H groups in total. The van der Waals surface area contributed by atoms with Crippen LogP contribution in [-0.4, -0.2) is 52.6 Å². The number of hydrogen-bond acceptors (Lipinski definition) is 6. The molecular formula is C32H48O6Si. The summed E-state index contributed by atoms with van der Waals surface area (Å²) in [6.07, 6.45) is 7.54. The van der Waals surface area contributed by atoms with Crippen molar-refractivity contribution in [3.63, 3.8) is 0 Å². The molecule has 0 aromatic heterocycles. The second kappa shape index (κ2) is 10.1. The summed E-state index contributed by atoms with van der Waals surface area (Å²) in [6, 6.07) is 10.3. The van der Waals surface area contributed by atoms with E-state index in [1.807, 2.05) is 25.1 Å². The Kier molecular flexibility index (Phi) is 7.50. The highest BCUT2D eigenvalue weighted by Crippen LogP contribution is 2.88. The predicted octanol–water partition coefficient (Wildman–Crippen LogP) is 6.65. The SMILES string of the molecule is CCOC(=O)/C=C/C12C[C@H](O[Si](C)(C)C(C)(C)C)C3([C@H]1COCc1ccccc1)C1(CCC[C@@]23C)OCCO1. The Morgan fingerprint density at radius 2 is 1.82 bits per heavy atom. The summed E-state index contributed by atoms with van der Waals surface area (Å²) in [4.78, 5) is 12.6. The lowest BCUT2D eigenvalue weighted by Gasteiger charge is -2.75. The smallest absolute Gasteiger partial charge is 0.330 e. The fourth-order valence-corrected chi connectivity index (χ4v) is 9.91. The van der Waals surface area contributed by atoms with Gasteiger partial charge < -0.3 is 23.4 Å². The third-order valence-corrected chi connectivity index (χ3v) is 15.6. The first kappa shape index (κ1) is 29.0. The molecule has 39 heavy (non-hydrogen) atoms. The molecule has 2 unspecified atom stereocenters.